The second kappa shape index (κ2) is 15.4. The molecular weight excluding hydrogens is 796 g/mol. The van der Waals surface area contributed by atoms with Crippen molar-refractivity contribution < 1.29 is 40.8 Å². The van der Waals surface area contributed by atoms with Crippen LogP contribution in [0, 0.1) is 0 Å². The molecule has 56 heavy (non-hydrogen) atoms. The lowest BCUT2D eigenvalue weighted by molar-refractivity contribution is -0.123. The Hall–Kier alpha value is -5.84. The lowest BCUT2D eigenvalue weighted by Crippen LogP contribution is -2.55. The van der Waals surface area contributed by atoms with Gasteiger partial charge in [0.15, 0.2) is 0 Å². The zero-order valence-electron chi connectivity index (χ0n) is 29.1. The van der Waals surface area contributed by atoms with E-state index in [4.69, 9.17) is 23.2 Å². The van der Waals surface area contributed by atoms with Crippen LogP contribution in [0.15, 0.2) is 114 Å². The van der Waals surface area contributed by atoms with Crippen molar-refractivity contribution in [2.24, 2.45) is 0 Å². The summed E-state index contributed by atoms with van der Waals surface area (Å²) < 4.78 is 63.9. The number of pyridine rings is 2. The Morgan fingerprint density at radius 2 is 1.20 bits per heavy atom. The van der Waals surface area contributed by atoms with Crippen LogP contribution in [0.1, 0.15) is 57.5 Å². The summed E-state index contributed by atoms with van der Waals surface area (Å²) >= 11 is 12.4. The highest BCUT2D eigenvalue weighted by Gasteiger charge is 2.59. The Morgan fingerprint density at radius 1 is 0.750 bits per heavy atom. The molecule has 12 nitrogen and oxygen atoms in total. The second-order valence-electron chi connectivity index (χ2n) is 12.6. The molecule has 3 heterocycles. The topological polar surface area (TPSA) is 168 Å². The fourth-order valence-electron chi connectivity index (χ4n) is 6.42. The molecule has 0 aliphatic carbocycles. The molecule has 288 valence electrons. The number of carbonyl (C=O) groups is 4. The number of sulfone groups is 1. The van der Waals surface area contributed by atoms with Gasteiger partial charge in [-0.05, 0) is 83.9 Å². The molecule has 5 amide bonds. The second-order valence-corrected chi connectivity index (χ2v) is 15.4. The summed E-state index contributed by atoms with van der Waals surface area (Å²) in [6, 6.07) is 21.1. The first-order valence-electron chi connectivity index (χ1n) is 16.6. The molecule has 6 rings (SSSR count). The number of hydrogen-bond donors (Lipinski definition) is 3. The number of nitrogens with zero attached hydrogens (tertiary/aromatic N) is 3. The van der Waals surface area contributed by atoms with Gasteiger partial charge in [0.05, 0.1) is 31.8 Å². The van der Waals surface area contributed by atoms with Gasteiger partial charge in [0.25, 0.3) is 27.6 Å². The number of nitrogens with one attached hydrogen (secondary N) is 3. The van der Waals surface area contributed by atoms with E-state index >= 15 is 0 Å². The molecule has 3 N–H and O–H groups in total. The number of benzene rings is 3. The molecule has 2 atom stereocenters. The summed E-state index contributed by atoms with van der Waals surface area (Å²) in [5.41, 5.74) is -6.45. The standard InChI is InChI=1S/C38H29Cl2F3N6O6S/c1-21(23-15-17-44-31(19-23)46-33(50)27-7-3-5-9-29(27)39)37(22(2)24-16-18-45-32(20-24)47-34(51)28-8-4-6-10-30(28)40)35(52)49(36(53)48-37)25-11-13-26(14-12-25)56(54,55)38(41,42)43/h3-22H,1-2H3,(H,48,53)(H,44,46,50)(H,45,47,51). The number of anilines is 3. The van der Waals surface area contributed by atoms with E-state index in [2.05, 4.69) is 25.9 Å². The van der Waals surface area contributed by atoms with Crippen LogP contribution in [-0.2, 0) is 14.6 Å². The van der Waals surface area contributed by atoms with Crippen molar-refractivity contribution in [2.45, 2.75) is 41.6 Å². The summed E-state index contributed by atoms with van der Waals surface area (Å²) in [6.07, 6.45) is 2.78. The quantitative estimate of drug-likeness (QED) is 0.119. The minimum Gasteiger partial charge on any atom is -0.322 e. The lowest BCUT2D eigenvalue weighted by Gasteiger charge is -2.39. The number of amides is 5. The maximum atomic E-state index is 14.8. The molecular formula is C38H29Cl2F3N6O6S. The maximum absolute atomic E-state index is 14.8. The molecule has 3 aromatic carbocycles. The van der Waals surface area contributed by atoms with Gasteiger partial charge in [0.2, 0.25) is 0 Å². The summed E-state index contributed by atoms with van der Waals surface area (Å²) in [4.78, 5) is 62.9. The minimum absolute atomic E-state index is 0.0886. The number of imide groups is 1. The molecule has 2 aromatic heterocycles. The van der Waals surface area contributed by atoms with E-state index in [-0.39, 0.29) is 38.5 Å². The van der Waals surface area contributed by atoms with E-state index in [1.165, 1.54) is 36.7 Å². The predicted molar refractivity (Wildman–Crippen MR) is 203 cm³/mol. The van der Waals surface area contributed by atoms with Crippen molar-refractivity contribution in [1.29, 1.82) is 0 Å². The first-order chi connectivity index (χ1) is 26.5. The van der Waals surface area contributed by atoms with Crippen molar-refractivity contribution in [3.63, 3.8) is 0 Å². The van der Waals surface area contributed by atoms with Crippen molar-refractivity contribution >= 4 is 74.1 Å². The van der Waals surface area contributed by atoms with Gasteiger partial charge in [-0.1, -0.05) is 61.3 Å². The molecule has 1 fully saturated rings. The van der Waals surface area contributed by atoms with Crippen molar-refractivity contribution in [2.75, 3.05) is 15.5 Å². The molecule has 1 saturated heterocycles. The van der Waals surface area contributed by atoms with Crippen molar-refractivity contribution in [3.8, 4) is 0 Å². The number of rotatable bonds is 10. The van der Waals surface area contributed by atoms with Crippen LogP contribution < -0.4 is 20.9 Å². The minimum atomic E-state index is -5.72. The van der Waals surface area contributed by atoms with Crippen LogP contribution >= 0.6 is 23.2 Å². The largest absolute Gasteiger partial charge is 0.501 e. The van der Waals surface area contributed by atoms with Crippen molar-refractivity contribution in [1.82, 2.24) is 15.3 Å². The van der Waals surface area contributed by atoms with Crippen LogP contribution in [-0.4, -0.2) is 53.2 Å². The number of carbonyl (C=O) groups excluding carboxylic acids is 4. The molecule has 0 spiro atoms. The molecule has 2 unspecified atom stereocenters. The number of aromatic nitrogens is 2. The van der Waals surface area contributed by atoms with E-state index in [0.717, 1.165) is 12.1 Å². The Balaban J connectivity index is 1.40. The Bertz CT molecular complexity index is 2380. The van der Waals surface area contributed by atoms with Crippen LogP contribution in [0.4, 0.5) is 35.3 Å². The number of urea groups is 1. The van der Waals surface area contributed by atoms with Gasteiger partial charge < -0.3 is 16.0 Å². The van der Waals surface area contributed by atoms with Gasteiger partial charge in [-0.15, -0.1) is 0 Å². The Morgan fingerprint density at radius 3 is 1.62 bits per heavy atom. The average Bonchev–Trinajstić information content (AvgIpc) is 3.44. The lowest BCUT2D eigenvalue weighted by atomic mass is 9.70. The zero-order chi connectivity index (χ0) is 40.6. The highest BCUT2D eigenvalue weighted by Crippen LogP contribution is 2.45. The van der Waals surface area contributed by atoms with E-state index in [1.54, 1.807) is 62.4 Å². The maximum Gasteiger partial charge on any atom is 0.501 e. The fourth-order valence-corrected chi connectivity index (χ4v) is 7.63. The van der Waals surface area contributed by atoms with Crippen LogP contribution in [0.25, 0.3) is 0 Å². The SMILES string of the molecule is CC(c1ccnc(NC(=O)c2ccccc2Cl)c1)C1(C(C)c2ccnc(NC(=O)c3ccccc3Cl)c2)NC(=O)N(c2ccc(S(=O)(=O)C(F)(F)F)cc2)C1=O. The van der Waals surface area contributed by atoms with Gasteiger partial charge in [-0.3, -0.25) is 14.4 Å². The Labute approximate surface area is 328 Å². The number of halogens is 5. The summed E-state index contributed by atoms with van der Waals surface area (Å²) in [6.45, 7) is 3.29. The molecule has 18 heteroatoms. The third kappa shape index (κ3) is 7.42. The van der Waals surface area contributed by atoms with E-state index in [1.807, 2.05) is 0 Å². The third-order valence-electron chi connectivity index (χ3n) is 9.44. The third-order valence-corrected chi connectivity index (χ3v) is 11.6. The van der Waals surface area contributed by atoms with Crippen LogP contribution in [0.2, 0.25) is 10.0 Å². The first-order valence-corrected chi connectivity index (χ1v) is 18.8. The molecule has 5 aromatic rings. The van der Waals surface area contributed by atoms with Gasteiger partial charge >= 0.3 is 11.5 Å². The highest BCUT2D eigenvalue weighted by molar-refractivity contribution is 7.92. The van der Waals surface area contributed by atoms with E-state index in [9.17, 15) is 40.8 Å². The summed E-state index contributed by atoms with van der Waals surface area (Å²) in [5.74, 6) is -3.63. The Kier molecular flexibility index (Phi) is 10.9. The average molecular weight is 826 g/mol. The van der Waals surface area contributed by atoms with Crippen LogP contribution in [0.5, 0.6) is 0 Å². The van der Waals surface area contributed by atoms with Crippen molar-refractivity contribution in [3.05, 3.63) is 142 Å². The normalized spacial score (nSPS) is 16.9. The number of alkyl halides is 3. The van der Waals surface area contributed by atoms with Gasteiger partial charge in [-0.25, -0.2) is 28.1 Å². The van der Waals surface area contributed by atoms with Gasteiger partial charge in [0.1, 0.15) is 17.2 Å². The predicted octanol–water partition coefficient (Wildman–Crippen LogP) is 7.98. The molecule has 1 aliphatic rings. The molecule has 0 bridgehead atoms. The van der Waals surface area contributed by atoms with Gasteiger partial charge in [-0.2, -0.15) is 13.2 Å². The van der Waals surface area contributed by atoms with E-state index < -0.39 is 61.4 Å². The summed E-state index contributed by atoms with van der Waals surface area (Å²) in [7, 11) is -5.72. The molecule has 1 aliphatic heterocycles. The smallest absolute Gasteiger partial charge is 0.322 e. The first kappa shape index (κ1) is 39.8. The van der Waals surface area contributed by atoms with E-state index in [0.29, 0.717) is 28.2 Å². The van der Waals surface area contributed by atoms with Crippen LogP contribution in [0.3, 0.4) is 0 Å². The number of hydrogen-bond acceptors (Lipinski definition) is 8. The molecule has 0 saturated carbocycles. The summed E-state index contributed by atoms with van der Waals surface area (Å²) in [5, 5.41) is 8.57. The molecule has 0 radical (unpaired) electrons. The highest BCUT2D eigenvalue weighted by atomic mass is 35.5. The van der Waals surface area contributed by atoms with Gasteiger partial charge in [0, 0.05) is 24.2 Å². The fraction of sp³-hybridized carbons (Fsp3) is 0.158. The monoisotopic (exact) mass is 824 g/mol. The zero-order valence-corrected chi connectivity index (χ0v) is 31.5.